The van der Waals surface area contributed by atoms with Gasteiger partial charge in [-0.1, -0.05) is 0 Å². The summed E-state index contributed by atoms with van der Waals surface area (Å²) in [6, 6.07) is 0. The first-order valence-corrected chi connectivity index (χ1v) is 4.59. The molecule has 4 N–H and O–H groups in total. The monoisotopic (exact) mass is 318 g/mol. The van der Waals surface area contributed by atoms with Gasteiger partial charge in [0.2, 0.25) is 0 Å². The molecule has 15 heteroatoms. The second-order valence-electron chi connectivity index (χ2n) is 1.06. The fraction of sp³-hybridized carbons (Fsp3) is 0. The van der Waals surface area contributed by atoms with Gasteiger partial charge in [-0.05, 0) is 0 Å². The van der Waals surface area contributed by atoms with Gasteiger partial charge in [0.15, 0.2) is 0 Å². The minimum atomic E-state index is -5.05. The zero-order valence-corrected chi connectivity index (χ0v) is 6.11. The van der Waals surface area contributed by atoms with Crippen LogP contribution in [0, 0.1) is 0 Å². The predicted molar refractivity (Wildman–Crippen MR) is 63.4 cm³/mol. The van der Waals surface area contributed by atoms with E-state index in [0.717, 1.165) is 0 Å². The summed E-state index contributed by atoms with van der Waals surface area (Å²) in [6.45, 7) is 0. The van der Waals surface area contributed by atoms with Crippen molar-refractivity contribution in [3.63, 3.8) is 0 Å². The number of halogens is 1. The molecule has 0 fully saturated rings. The number of phosphoric acid groups is 2. The maximum absolute atomic E-state index is 9.63. The zero-order chi connectivity index (χ0) is 7.71. The summed E-state index contributed by atoms with van der Waals surface area (Å²) in [5, 5.41) is 0. The zero-order valence-electron chi connectivity index (χ0n) is 4.32. The Labute approximate surface area is 197 Å². The molecule has 0 rings (SSSR count). The fourth-order valence-electron chi connectivity index (χ4n) is 0.139. The van der Waals surface area contributed by atoms with Crippen molar-refractivity contribution in [3.05, 3.63) is 0 Å². The molecular formula is H10FNa5O7P2. The second-order valence-corrected chi connectivity index (χ2v) is 3.68. The Morgan fingerprint density at radius 3 is 0.800 bits per heavy atom. The van der Waals surface area contributed by atoms with Crippen molar-refractivity contribution in [1.82, 2.24) is 0 Å². The topological polar surface area (TPSA) is 124 Å². The van der Waals surface area contributed by atoms with Crippen LogP contribution in [0.3, 0.4) is 0 Å². The third-order valence-corrected chi connectivity index (χ3v) is 1.91. The third kappa shape index (κ3) is 45.3. The summed E-state index contributed by atoms with van der Waals surface area (Å²) >= 11 is 0. The van der Waals surface area contributed by atoms with Crippen molar-refractivity contribution in [3.8, 4) is 0 Å². The van der Waals surface area contributed by atoms with Gasteiger partial charge in [-0.2, -0.15) is 4.31 Å². The molecule has 0 aliphatic carbocycles. The van der Waals surface area contributed by atoms with Crippen LogP contribution in [0.1, 0.15) is 0 Å². The van der Waals surface area contributed by atoms with Crippen LogP contribution in [0.15, 0.2) is 0 Å². The summed E-state index contributed by atoms with van der Waals surface area (Å²) in [6.07, 6.45) is 0. The fourth-order valence-corrected chi connectivity index (χ4v) is 1.25. The van der Waals surface area contributed by atoms with Crippen molar-refractivity contribution < 1.29 is 37.7 Å². The number of rotatable bonds is 2. The molecule has 0 saturated heterocycles. The standard InChI is InChI=1S/FH.5Na.H4O7P2.5H/c;;;;;;1-8(2,3)7-9(4,5)6;;;;;/h1H;;;;;;(H2,1,2,3)(H2,4,5,6);;;;;. The molecule has 74 valence electrons. The average Bonchev–Trinajstić information content (AvgIpc) is 1.14. The third-order valence-electron chi connectivity index (χ3n) is 0.213. The first-order chi connectivity index (χ1) is 3.71. The van der Waals surface area contributed by atoms with Crippen molar-refractivity contribution in [2.45, 2.75) is 0 Å². The van der Waals surface area contributed by atoms with Crippen LogP contribution in [0.2, 0.25) is 0 Å². The maximum atomic E-state index is 9.63. The molecule has 0 heterocycles. The molecule has 0 atom stereocenters. The van der Waals surface area contributed by atoms with Gasteiger partial charge < -0.3 is 19.6 Å². The summed E-state index contributed by atoms with van der Waals surface area (Å²) in [5.74, 6) is 0. The molecule has 7 nitrogen and oxygen atoms in total. The summed E-state index contributed by atoms with van der Waals surface area (Å²) in [5.41, 5.74) is 0. The summed E-state index contributed by atoms with van der Waals surface area (Å²) in [7, 11) is -10.1. The van der Waals surface area contributed by atoms with E-state index in [0.29, 0.717) is 0 Å². The molecular weight excluding hydrogens is 308 g/mol. The van der Waals surface area contributed by atoms with Crippen LogP contribution in [0.4, 0.5) is 4.70 Å². The Morgan fingerprint density at radius 1 is 0.667 bits per heavy atom. The summed E-state index contributed by atoms with van der Waals surface area (Å²) < 4.78 is 22.2. The molecule has 15 heavy (non-hydrogen) atoms. The van der Waals surface area contributed by atoms with E-state index in [2.05, 4.69) is 4.31 Å². The molecule has 0 aliphatic rings. The normalized spacial score (nSPS) is 8.27. The minimum absolute atomic E-state index is 0. The first kappa shape index (κ1) is 42.7. The molecule has 0 aromatic heterocycles. The Morgan fingerprint density at radius 2 is 0.800 bits per heavy atom. The number of hydrogen-bond acceptors (Lipinski definition) is 3. The molecule has 0 saturated carbocycles. The molecule has 0 aromatic carbocycles. The van der Waals surface area contributed by atoms with Gasteiger partial charge in [0.1, 0.15) is 0 Å². The van der Waals surface area contributed by atoms with Crippen LogP contribution >= 0.6 is 15.6 Å². The van der Waals surface area contributed by atoms with Gasteiger partial charge in [-0.3, -0.25) is 4.70 Å². The molecule has 0 aliphatic heterocycles. The Balaban J connectivity index is -0.0000000213. The predicted octanol–water partition coefficient (Wildman–Crippen LogP) is -3.90. The number of hydrogen-bond donors (Lipinski definition) is 4. The van der Waals surface area contributed by atoms with Crippen LogP contribution < -0.4 is 0 Å². The van der Waals surface area contributed by atoms with E-state index in [1.807, 2.05) is 0 Å². The van der Waals surface area contributed by atoms with E-state index in [4.69, 9.17) is 19.6 Å². The van der Waals surface area contributed by atoms with Gasteiger partial charge >= 0.3 is 163 Å². The van der Waals surface area contributed by atoms with E-state index < -0.39 is 15.6 Å². The molecule has 0 aromatic rings. The van der Waals surface area contributed by atoms with E-state index >= 15 is 0 Å². The van der Waals surface area contributed by atoms with E-state index in [1.165, 1.54) is 0 Å². The van der Waals surface area contributed by atoms with Crippen molar-refractivity contribution in [1.29, 1.82) is 0 Å². The van der Waals surface area contributed by atoms with Gasteiger partial charge in [0, 0.05) is 0 Å². The van der Waals surface area contributed by atoms with Crippen LogP contribution in [0.5, 0.6) is 0 Å². The van der Waals surface area contributed by atoms with Crippen LogP contribution in [-0.2, 0) is 13.4 Å². The Bertz CT molecular complexity index is 166. The molecule has 0 radical (unpaired) electrons. The Kier molecular flexibility index (Phi) is 54.7. The van der Waals surface area contributed by atoms with E-state index in [1.54, 1.807) is 0 Å². The van der Waals surface area contributed by atoms with Gasteiger partial charge in [0.25, 0.3) is 0 Å². The van der Waals surface area contributed by atoms with Crippen molar-refractivity contribution >= 4 is 163 Å². The van der Waals surface area contributed by atoms with Gasteiger partial charge in [-0.15, -0.1) is 0 Å². The van der Waals surface area contributed by atoms with E-state index in [9.17, 15) is 9.13 Å². The molecule has 0 unspecified atom stereocenters. The SMILES string of the molecule is F.O=P(O)(O)OP(=O)(O)O.[NaH].[NaH].[NaH].[NaH].[NaH]. The summed E-state index contributed by atoms with van der Waals surface area (Å²) in [4.78, 5) is 31.0. The van der Waals surface area contributed by atoms with Crippen molar-refractivity contribution in [2.75, 3.05) is 0 Å². The van der Waals surface area contributed by atoms with E-state index in [-0.39, 0.29) is 152 Å². The van der Waals surface area contributed by atoms with Gasteiger partial charge in [-0.25, -0.2) is 9.13 Å². The molecule has 0 amide bonds. The quantitative estimate of drug-likeness (QED) is 0.303. The molecule has 0 bridgehead atoms. The second kappa shape index (κ2) is 19.2. The van der Waals surface area contributed by atoms with Gasteiger partial charge in [0.05, 0.1) is 0 Å². The van der Waals surface area contributed by atoms with Crippen LogP contribution in [-0.4, -0.2) is 167 Å². The van der Waals surface area contributed by atoms with Crippen LogP contribution in [0.25, 0.3) is 0 Å². The first-order valence-electron chi connectivity index (χ1n) is 1.53. The average molecular weight is 318 g/mol. The van der Waals surface area contributed by atoms with Crippen molar-refractivity contribution in [2.24, 2.45) is 0 Å². The Hall–Kier alpha value is 5.19. The molecule has 0 spiro atoms.